The van der Waals surface area contributed by atoms with E-state index in [9.17, 15) is 9.59 Å². The van der Waals surface area contributed by atoms with E-state index < -0.39 is 18.0 Å². The number of fused-ring (bicyclic) bond motifs is 1. The van der Waals surface area contributed by atoms with Crippen molar-refractivity contribution < 1.29 is 19.1 Å². The zero-order valence-electron chi connectivity index (χ0n) is 19.4. The van der Waals surface area contributed by atoms with Gasteiger partial charge in [0.1, 0.15) is 11.5 Å². The van der Waals surface area contributed by atoms with Crippen LogP contribution in [0, 0.1) is 0 Å². The van der Waals surface area contributed by atoms with Crippen molar-refractivity contribution in [3.63, 3.8) is 0 Å². The van der Waals surface area contributed by atoms with Crippen molar-refractivity contribution >= 4 is 50.9 Å². The number of halogens is 1. The number of rotatable bonds is 8. The Hall–Kier alpha value is -4.23. The summed E-state index contributed by atoms with van der Waals surface area (Å²) >= 11 is 3.40. The van der Waals surface area contributed by atoms with E-state index in [0.717, 1.165) is 20.8 Å². The lowest BCUT2D eigenvalue weighted by atomic mass is 10.1. The molecule has 0 aliphatic carbocycles. The van der Waals surface area contributed by atoms with Crippen molar-refractivity contribution in [2.24, 2.45) is 5.10 Å². The Labute approximate surface area is 217 Å². The van der Waals surface area contributed by atoms with Crippen molar-refractivity contribution in [2.45, 2.75) is 13.0 Å². The van der Waals surface area contributed by atoms with Crippen LogP contribution in [0.2, 0.25) is 0 Å². The number of benzene rings is 4. The lowest BCUT2D eigenvalue weighted by Gasteiger charge is -2.14. The second-order valence-electron chi connectivity index (χ2n) is 7.82. The number of ether oxygens (including phenoxy) is 2. The van der Waals surface area contributed by atoms with Crippen LogP contribution >= 0.6 is 15.9 Å². The molecular formula is C29H23BrN2O4. The van der Waals surface area contributed by atoms with Crippen LogP contribution < -0.4 is 14.9 Å². The SMILES string of the molecule is CC(Oc1cccc2ccccc12)C(=O)N/N=C/c1cc(Br)ccc1OC(=O)/C=C/c1ccccc1. The van der Waals surface area contributed by atoms with Gasteiger partial charge in [0, 0.05) is 21.5 Å². The van der Waals surface area contributed by atoms with Gasteiger partial charge < -0.3 is 9.47 Å². The van der Waals surface area contributed by atoms with E-state index in [1.54, 1.807) is 31.2 Å². The molecule has 0 spiro atoms. The largest absolute Gasteiger partial charge is 0.480 e. The first-order valence-electron chi connectivity index (χ1n) is 11.2. The van der Waals surface area contributed by atoms with Crippen LogP contribution in [0.25, 0.3) is 16.8 Å². The van der Waals surface area contributed by atoms with E-state index in [1.165, 1.54) is 12.3 Å². The summed E-state index contributed by atoms with van der Waals surface area (Å²) in [4.78, 5) is 24.9. The Morgan fingerprint density at radius 1 is 0.917 bits per heavy atom. The average molecular weight is 543 g/mol. The van der Waals surface area contributed by atoms with Gasteiger partial charge in [0.15, 0.2) is 6.10 Å². The maximum absolute atomic E-state index is 12.6. The molecule has 180 valence electrons. The number of nitrogens with zero attached hydrogens (tertiary/aromatic N) is 1. The third kappa shape index (κ3) is 6.67. The Bertz CT molecular complexity index is 1430. The molecule has 0 radical (unpaired) electrons. The number of carbonyl (C=O) groups is 2. The summed E-state index contributed by atoms with van der Waals surface area (Å²) in [6, 6.07) is 28.1. The van der Waals surface area contributed by atoms with Crippen molar-refractivity contribution in [3.8, 4) is 11.5 Å². The lowest BCUT2D eigenvalue weighted by Crippen LogP contribution is -2.33. The smallest absolute Gasteiger partial charge is 0.336 e. The van der Waals surface area contributed by atoms with Gasteiger partial charge in [-0.25, -0.2) is 10.2 Å². The first-order valence-corrected chi connectivity index (χ1v) is 12.0. The summed E-state index contributed by atoms with van der Waals surface area (Å²) in [5.74, 6) is -0.0288. The van der Waals surface area contributed by atoms with Crippen LogP contribution in [0.1, 0.15) is 18.1 Å². The van der Waals surface area contributed by atoms with Crippen LogP contribution in [0.15, 0.2) is 107 Å². The van der Waals surface area contributed by atoms with Gasteiger partial charge >= 0.3 is 5.97 Å². The molecule has 1 atom stereocenters. The second kappa shape index (κ2) is 12.0. The van der Waals surface area contributed by atoms with Crippen LogP contribution in [-0.2, 0) is 9.59 Å². The van der Waals surface area contributed by atoms with Gasteiger partial charge in [-0.05, 0) is 48.2 Å². The van der Waals surface area contributed by atoms with E-state index in [1.807, 2.05) is 72.8 Å². The van der Waals surface area contributed by atoms with E-state index in [0.29, 0.717) is 17.1 Å². The summed E-state index contributed by atoms with van der Waals surface area (Å²) < 4.78 is 12.1. The Kier molecular flexibility index (Phi) is 8.26. The Balaban J connectivity index is 1.39. The maximum Gasteiger partial charge on any atom is 0.336 e. The number of nitrogens with one attached hydrogen (secondary N) is 1. The lowest BCUT2D eigenvalue weighted by molar-refractivity contribution is -0.129. The van der Waals surface area contributed by atoms with E-state index in [-0.39, 0.29) is 0 Å². The van der Waals surface area contributed by atoms with Gasteiger partial charge in [0.25, 0.3) is 5.91 Å². The number of amides is 1. The van der Waals surface area contributed by atoms with Crippen LogP contribution in [0.5, 0.6) is 11.5 Å². The standard InChI is InChI=1S/C29H23BrN2O4/c1-20(35-27-13-7-11-22-10-5-6-12-25(22)27)29(34)32-31-19-23-18-24(30)15-16-26(23)36-28(33)17-14-21-8-3-2-4-9-21/h2-20H,1H3,(H,32,34)/b17-14+,31-19+. The summed E-state index contributed by atoms with van der Waals surface area (Å²) in [7, 11) is 0. The van der Waals surface area contributed by atoms with Crippen molar-refractivity contribution in [1.29, 1.82) is 0 Å². The molecule has 0 bridgehead atoms. The van der Waals surface area contributed by atoms with E-state index >= 15 is 0 Å². The molecule has 0 saturated carbocycles. The molecule has 7 heteroatoms. The van der Waals surface area contributed by atoms with Crippen LogP contribution in [0.4, 0.5) is 0 Å². The minimum absolute atomic E-state index is 0.305. The first kappa shape index (κ1) is 24.9. The molecular weight excluding hydrogens is 520 g/mol. The minimum Gasteiger partial charge on any atom is -0.480 e. The number of hydrazone groups is 1. The number of hydrogen-bond donors (Lipinski definition) is 1. The topological polar surface area (TPSA) is 77.0 Å². The molecule has 0 heterocycles. The molecule has 1 amide bonds. The molecule has 1 unspecified atom stereocenters. The highest BCUT2D eigenvalue weighted by Gasteiger charge is 2.15. The summed E-state index contributed by atoms with van der Waals surface area (Å²) in [5, 5.41) is 5.98. The highest BCUT2D eigenvalue weighted by Crippen LogP contribution is 2.26. The highest BCUT2D eigenvalue weighted by atomic mass is 79.9. The number of esters is 1. The molecule has 36 heavy (non-hydrogen) atoms. The highest BCUT2D eigenvalue weighted by molar-refractivity contribution is 9.10. The number of carbonyl (C=O) groups excluding carboxylic acids is 2. The van der Waals surface area contributed by atoms with E-state index in [2.05, 4.69) is 26.5 Å². The van der Waals surface area contributed by atoms with Gasteiger partial charge in [-0.2, -0.15) is 5.10 Å². The molecule has 0 aliphatic heterocycles. The predicted molar refractivity (Wildman–Crippen MR) is 145 cm³/mol. The maximum atomic E-state index is 12.6. The third-order valence-electron chi connectivity index (χ3n) is 5.19. The zero-order chi connectivity index (χ0) is 25.3. The average Bonchev–Trinajstić information content (AvgIpc) is 2.89. The van der Waals surface area contributed by atoms with Crippen molar-refractivity contribution in [2.75, 3.05) is 0 Å². The van der Waals surface area contributed by atoms with Gasteiger partial charge in [-0.15, -0.1) is 0 Å². The van der Waals surface area contributed by atoms with Crippen molar-refractivity contribution in [3.05, 3.63) is 113 Å². The van der Waals surface area contributed by atoms with Gasteiger partial charge in [-0.3, -0.25) is 4.79 Å². The van der Waals surface area contributed by atoms with E-state index in [4.69, 9.17) is 9.47 Å². The molecule has 0 aliphatic rings. The first-order chi connectivity index (χ1) is 17.5. The zero-order valence-corrected chi connectivity index (χ0v) is 21.0. The summed E-state index contributed by atoms with van der Waals surface area (Å²) in [6.07, 6.45) is 3.66. The molecule has 4 rings (SSSR count). The van der Waals surface area contributed by atoms with Gasteiger partial charge in [-0.1, -0.05) is 82.7 Å². The fourth-order valence-electron chi connectivity index (χ4n) is 3.38. The summed E-state index contributed by atoms with van der Waals surface area (Å²) in [6.45, 7) is 1.65. The molecule has 4 aromatic rings. The predicted octanol–water partition coefficient (Wildman–Crippen LogP) is 6.14. The molecule has 0 saturated heterocycles. The monoisotopic (exact) mass is 542 g/mol. The van der Waals surface area contributed by atoms with Gasteiger partial charge in [0.05, 0.1) is 6.21 Å². The fourth-order valence-corrected chi connectivity index (χ4v) is 3.76. The van der Waals surface area contributed by atoms with Gasteiger partial charge in [0.2, 0.25) is 0 Å². The molecule has 0 aromatic heterocycles. The molecule has 4 aromatic carbocycles. The van der Waals surface area contributed by atoms with Crippen LogP contribution in [0.3, 0.4) is 0 Å². The fraction of sp³-hybridized carbons (Fsp3) is 0.0690. The molecule has 1 N–H and O–H groups in total. The van der Waals surface area contributed by atoms with Crippen LogP contribution in [-0.4, -0.2) is 24.2 Å². The Morgan fingerprint density at radius 3 is 2.50 bits per heavy atom. The van der Waals surface area contributed by atoms with Crippen molar-refractivity contribution in [1.82, 2.24) is 5.43 Å². The second-order valence-corrected chi connectivity index (χ2v) is 8.73. The molecule has 6 nitrogen and oxygen atoms in total. The minimum atomic E-state index is -0.782. The quantitative estimate of drug-likeness (QED) is 0.0953. The number of hydrogen-bond acceptors (Lipinski definition) is 5. The normalized spacial score (nSPS) is 12.1. The molecule has 0 fully saturated rings. The third-order valence-corrected chi connectivity index (χ3v) is 5.69. The Morgan fingerprint density at radius 2 is 1.67 bits per heavy atom. The summed E-state index contributed by atoms with van der Waals surface area (Å²) in [5.41, 5.74) is 3.87.